The van der Waals surface area contributed by atoms with Crippen molar-refractivity contribution in [2.45, 2.75) is 0 Å². The average molecular weight is 275 g/mol. The molecule has 1 aliphatic heterocycles. The zero-order valence-corrected chi connectivity index (χ0v) is 11.2. The van der Waals surface area contributed by atoms with Crippen LogP contribution < -0.4 is 5.32 Å². The molecule has 0 atom stereocenters. The number of imide groups is 1. The van der Waals surface area contributed by atoms with Crippen molar-refractivity contribution in [1.29, 1.82) is 0 Å². The fourth-order valence-corrected chi connectivity index (χ4v) is 2.26. The summed E-state index contributed by atoms with van der Waals surface area (Å²) in [6, 6.07) is 16.9. The minimum absolute atomic E-state index is 0.347. The van der Waals surface area contributed by atoms with Gasteiger partial charge in [-0.1, -0.05) is 60.7 Å². The molecule has 0 aliphatic carbocycles. The Hall–Kier alpha value is -2.94. The zero-order chi connectivity index (χ0) is 14.7. The Morgan fingerprint density at radius 2 is 1.43 bits per heavy atom. The largest absolute Gasteiger partial charge is 0.288 e. The monoisotopic (exact) mass is 275 g/mol. The predicted octanol–water partition coefficient (Wildman–Crippen LogP) is 3.05. The molecule has 3 heteroatoms. The van der Waals surface area contributed by atoms with Crippen LogP contribution in [0.3, 0.4) is 0 Å². The number of carbonyl (C=O) groups is 2. The summed E-state index contributed by atoms with van der Waals surface area (Å²) in [6.45, 7) is 0. The summed E-state index contributed by atoms with van der Waals surface area (Å²) < 4.78 is 0. The first-order chi connectivity index (χ1) is 10.3. The molecule has 0 fully saturated rings. The molecule has 2 amide bonds. The lowest BCUT2D eigenvalue weighted by Gasteiger charge is -2.17. The molecule has 2 aromatic rings. The van der Waals surface area contributed by atoms with Crippen molar-refractivity contribution in [2.75, 3.05) is 0 Å². The van der Waals surface area contributed by atoms with Gasteiger partial charge in [-0.25, -0.2) is 0 Å². The van der Waals surface area contributed by atoms with Gasteiger partial charge in [0.2, 0.25) is 0 Å². The lowest BCUT2D eigenvalue weighted by Crippen LogP contribution is -2.36. The van der Waals surface area contributed by atoms with Crippen LogP contribution in [0.25, 0.3) is 11.6 Å². The van der Waals surface area contributed by atoms with Gasteiger partial charge in [-0.05, 0) is 23.3 Å². The Morgan fingerprint density at radius 1 is 0.762 bits per heavy atom. The highest BCUT2D eigenvalue weighted by Gasteiger charge is 2.25. The molecule has 0 saturated carbocycles. The fraction of sp³-hybridized carbons (Fsp3) is 0. The normalized spacial score (nSPS) is 16.1. The highest BCUT2D eigenvalue weighted by atomic mass is 16.2. The summed E-state index contributed by atoms with van der Waals surface area (Å²) in [5.74, 6) is -0.712. The topological polar surface area (TPSA) is 46.2 Å². The second-order valence-corrected chi connectivity index (χ2v) is 4.68. The van der Waals surface area contributed by atoms with E-state index in [1.54, 1.807) is 24.3 Å². The number of benzene rings is 2. The fourth-order valence-electron chi connectivity index (χ4n) is 2.26. The Bertz CT molecular complexity index is 758. The van der Waals surface area contributed by atoms with Crippen LogP contribution in [0.1, 0.15) is 21.5 Å². The minimum Gasteiger partial charge on any atom is -0.288 e. The quantitative estimate of drug-likeness (QED) is 0.676. The minimum atomic E-state index is -0.364. The van der Waals surface area contributed by atoms with Gasteiger partial charge in [-0.3, -0.25) is 14.9 Å². The van der Waals surface area contributed by atoms with Crippen LogP contribution >= 0.6 is 0 Å². The molecular formula is C18H13NO2. The van der Waals surface area contributed by atoms with Crippen molar-refractivity contribution in [3.05, 3.63) is 83.4 Å². The van der Waals surface area contributed by atoms with E-state index in [4.69, 9.17) is 0 Å². The standard InChI is InChI=1S/C18H13NO2/c20-17-15-11-5-4-10-14(15)16(18(21)19-17)12-6-9-13-7-2-1-3-8-13/h1-12H,(H,19,20,21)/b9-6+,16-12-. The molecule has 0 unspecified atom stereocenters. The molecule has 0 aromatic heterocycles. The van der Waals surface area contributed by atoms with Gasteiger partial charge in [0, 0.05) is 11.1 Å². The van der Waals surface area contributed by atoms with E-state index in [2.05, 4.69) is 5.32 Å². The zero-order valence-electron chi connectivity index (χ0n) is 11.2. The SMILES string of the molecule is O=C1NC(=O)c2ccccc2/C1=C/C=C/c1ccccc1. The number of nitrogens with one attached hydrogen (secondary N) is 1. The Balaban J connectivity index is 1.96. The molecule has 0 radical (unpaired) electrons. The maximum atomic E-state index is 12.0. The summed E-state index contributed by atoms with van der Waals surface area (Å²) in [4.78, 5) is 23.7. The molecule has 0 spiro atoms. The van der Waals surface area contributed by atoms with Gasteiger partial charge >= 0.3 is 0 Å². The summed E-state index contributed by atoms with van der Waals surface area (Å²) in [6.07, 6.45) is 5.46. The van der Waals surface area contributed by atoms with E-state index in [0.29, 0.717) is 16.7 Å². The van der Waals surface area contributed by atoms with Crippen LogP contribution in [-0.2, 0) is 4.79 Å². The van der Waals surface area contributed by atoms with E-state index in [0.717, 1.165) is 5.56 Å². The summed E-state index contributed by atoms with van der Waals surface area (Å²) >= 11 is 0. The smallest absolute Gasteiger partial charge is 0.258 e. The van der Waals surface area contributed by atoms with Gasteiger partial charge in [0.15, 0.2) is 0 Å². The van der Waals surface area contributed by atoms with E-state index >= 15 is 0 Å². The third kappa shape index (κ3) is 2.67. The first kappa shape index (κ1) is 13.1. The first-order valence-corrected chi connectivity index (χ1v) is 6.64. The molecule has 0 saturated heterocycles. The molecule has 1 heterocycles. The van der Waals surface area contributed by atoms with Crippen LogP contribution in [-0.4, -0.2) is 11.8 Å². The lowest BCUT2D eigenvalue weighted by atomic mass is 9.94. The summed E-state index contributed by atoms with van der Waals surface area (Å²) in [5, 5.41) is 2.35. The maximum Gasteiger partial charge on any atom is 0.258 e. The summed E-state index contributed by atoms with van der Waals surface area (Å²) in [7, 11) is 0. The highest BCUT2D eigenvalue weighted by Crippen LogP contribution is 2.23. The van der Waals surface area contributed by atoms with Crippen molar-refractivity contribution in [3.8, 4) is 0 Å². The van der Waals surface area contributed by atoms with Crippen molar-refractivity contribution in [1.82, 2.24) is 5.32 Å². The molecule has 0 bridgehead atoms. The van der Waals surface area contributed by atoms with Crippen LogP contribution in [0.5, 0.6) is 0 Å². The molecule has 3 rings (SSSR count). The molecule has 21 heavy (non-hydrogen) atoms. The van der Waals surface area contributed by atoms with Crippen LogP contribution in [0.2, 0.25) is 0 Å². The second kappa shape index (κ2) is 5.59. The van der Waals surface area contributed by atoms with E-state index < -0.39 is 0 Å². The second-order valence-electron chi connectivity index (χ2n) is 4.68. The number of fused-ring (bicyclic) bond motifs is 1. The van der Waals surface area contributed by atoms with Crippen LogP contribution in [0.4, 0.5) is 0 Å². The third-order valence-electron chi connectivity index (χ3n) is 3.28. The maximum absolute atomic E-state index is 12.0. The van der Waals surface area contributed by atoms with E-state index in [1.165, 1.54) is 0 Å². The molecule has 1 N–H and O–H groups in total. The highest BCUT2D eigenvalue weighted by molar-refractivity contribution is 6.31. The predicted molar refractivity (Wildman–Crippen MR) is 82.4 cm³/mol. The van der Waals surface area contributed by atoms with Gasteiger partial charge in [-0.15, -0.1) is 0 Å². The van der Waals surface area contributed by atoms with Crippen molar-refractivity contribution < 1.29 is 9.59 Å². The summed E-state index contributed by atoms with van der Waals surface area (Å²) in [5.41, 5.74) is 2.74. The number of amides is 2. The van der Waals surface area contributed by atoms with Crippen molar-refractivity contribution in [2.24, 2.45) is 0 Å². The van der Waals surface area contributed by atoms with E-state index in [1.807, 2.05) is 48.6 Å². The van der Waals surface area contributed by atoms with Crippen LogP contribution in [0.15, 0.2) is 66.7 Å². The van der Waals surface area contributed by atoms with Crippen molar-refractivity contribution >= 4 is 23.5 Å². The Morgan fingerprint density at radius 3 is 2.19 bits per heavy atom. The number of rotatable bonds is 2. The third-order valence-corrected chi connectivity index (χ3v) is 3.28. The van der Waals surface area contributed by atoms with Crippen molar-refractivity contribution in [3.63, 3.8) is 0 Å². The van der Waals surface area contributed by atoms with Gasteiger partial charge < -0.3 is 0 Å². The van der Waals surface area contributed by atoms with Gasteiger partial charge in [0.1, 0.15) is 0 Å². The van der Waals surface area contributed by atoms with Gasteiger partial charge in [-0.2, -0.15) is 0 Å². The first-order valence-electron chi connectivity index (χ1n) is 6.64. The molecule has 2 aromatic carbocycles. The Labute approximate surface area is 122 Å². The van der Waals surface area contributed by atoms with E-state index in [-0.39, 0.29) is 11.8 Å². The average Bonchev–Trinajstić information content (AvgIpc) is 2.51. The van der Waals surface area contributed by atoms with Gasteiger partial charge in [0.25, 0.3) is 11.8 Å². The molecular weight excluding hydrogens is 262 g/mol. The molecule has 102 valence electrons. The number of allylic oxidation sites excluding steroid dienone is 2. The van der Waals surface area contributed by atoms with Crippen LogP contribution in [0, 0.1) is 0 Å². The number of carbonyl (C=O) groups excluding carboxylic acids is 2. The Kier molecular flexibility index (Phi) is 3.48. The number of hydrogen-bond acceptors (Lipinski definition) is 2. The molecule has 3 nitrogen and oxygen atoms in total. The lowest BCUT2D eigenvalue weighted by molar-refractivity contribution is -0.114. The molecule has 1 aliphatic rings. The van der Waals surface area contributed by atoms with Gasteiger partial charge in [0.05, 0.1) is 0 Å². The number of hydrogen-bond donors (Lipinski definition) is 1. The van der Waals surface area contributed by atoms with E-state index in [9.17, 15) is 9.59 Å².